The first-order chi connectivity index (χ1) is 29.5. The fourth-order valence-electron chi connectivity index (χ4n) is 7.23. The van der Waals surface area contributed by atoms with E-state index >= 15 is 0 Å². The minimum atomic E-state index is -0.802. The van der Waals surface area contributed by atoms with E-state index in [1.54, 1.807) is 0 Å². The molecule has 0 aliphatic carbocycles. The number of aliphatic hydroxyl groups is 2. The van der Waals surface area contributed by atoms with Crippen LogP contribution in [-0.2, 0) is 14.3 Å². The fraction of sp³-hybridized carbons (Fsp3) is 0.741. The number of carbonyl (C=O) groups is 2. The lowest BCUT2D eigenvalue weighted by molar-refractivity contribution is -0.151. The molecule has 0 fully saturated rings. The molecule has 0 heterocycles. The zero-order chi connectivity index (χ0) is 43.8. The second-order valence-corrected chi connectivity index (χ2v) is 16.8. The van der Waals surface area contributed by atoms with E-state index in [0.717, 1.165) is 96.3 Å². The summed E-state index contributed by atoms with van der Waals surface area (Å²) in [4.78, 5) is 26.0. The summed E-state index contributed by atoms with van der Waals surface area (Å²) in [5.74, 6) is -0.566. The van der Waals surface area contributed by atoms with Gasteiger partial charge in [0.1, 0.15) is 6.10 Å². The Hall–Kier alpha value is -2.70. The van der Waals surface area contributed by atoms with E-state index in [4.69, 9.17) is 4.74 Å². The van der Waals surface area contributed by atoms with Crippen molar-refractivity contribution in [1.29, 1.82) is 0 Å². The Kier molecular flexibility index (Phi) is 45.2. The van der Waals surface area contributed by atoms with Gasteiger partial charge in [-0.05, 0) is 83.5 Å². The third-order valence-corrected chi connectivity index (χ3v) is 11.0. The van der Waals surface area contributed by atoms with Gasteiger partial charge in [-0.3, -0.25) is 9.59 Å². The van der Waals surface area contributed by atoms with Crippen LogP contribution in [0.25, 0.3) is 0 Å². The predicted molar refractivity (Wildman–Crippen MR) is 259 cm³/mol. The maximum atomic E-state index is 13.1. The van der Waals surface area contributed by atoms with Gasteiger partial charge in [-0.2, -0.15) is 0 Å². The smallest absolute Gasteiger partial charge is 0.306 e. The number of hydrogen-bond acceptors (Lipinski definition) is 5. The monoisotopic (exact) mass is 838 g/mol. The van der Waals surface area contributed by atoms with Crippen LogP contribution in [0.4, 0.5) is 0 Å². The van der Waals surface area contributed by atoms with Crippen LogP contribution in [0.1, 0.15) is 233 Å². The quantitative estimate of drug-likeness (QED) is 0.0323. The number of nitrogens with one attached hydrogen (secondary N) is 1. The third-order valence-electron chi connectivity index (χ3n) is 11.0. The highest BCUT2D eigenvalue weighted by molar-refractivity contribution is 5.77. The Morgan fingerprint density at radius 3 is 1.45 bits per heavy atom. The van der Waals surface area contributed by atoms with Crippen molar-refractivity contribution >= 4 is 11.9 Å². The molecule has 0 aromatic rings. The summed E-state index contributed by atoms with van der Waals surface area (Å²) in [6, 6.07) is -0.719. The molecule has 0 saturated heterocycles. The summed E-state index contributed by atoms with van der Waals surface area (Å²) in [5.41, 5.74) is 0. The second-order valence-electron chi connectivity index (χ2n) is 16.8. The molecule has 0 aromatic carbocycles. The Bertz CT molecular complexity index is 1120. The Morgan fingerprint density at radius 2 is 0.933 bits per heavy atom. The van der Waals surface area contributed by atoms with Gasteiger partial charge in [0.15, 0.2) is 0 Å². The summed E-state index contributed by atoms with van der Waals surface area (Å²) in [6.07, 6.45) is 59.8. The maximum absolute atomic E-state index is 13.1. The summed E-state index contributed by atoms with van der Waals surface area (Å²) < 4.78 is 5.86. The van der Waals surface area contributed by atoms with Crippen molar-refractivity contribution in [3.8, 4) is 0 Å². The van der Waals surface area contributed by atoms with Crippen molar-refractivity contribution < 1.29 is 24.5 Å². The van der Waals surface area contributed by atoms with Gasteiger partial charge in [0.05, 0.1) is 25.2 Å². The fourth-order valence-corrected chi connectivity index (χ4v) is 7.23. The molecule has 6 nitrogen and oxygen atoms in total. The topological polar surface area (TPSA) is 95.9 Å². The van der Waals surface area contributed by atoms with Gasteiger partial charge < -0.3 is 20.3 Å². The van der Waals surface area contributed by atoms with E-state index in [9.17, 15) is 19.8 Å². The standard InChI is InChI=1S/C54H95NO5/c1-4-7-10-13-16-19-21-23-25-27-29-31-33-35-38-41-44-47-54(59)60-50(45-42-39-36-18-15-12-9-6-3)48-53(58)55-51(49-56)52(57)46-43-40-37-34-32-30-28-26-24-22-20-17-14-11-8-5-2/h7,10,12,15-16,19,23,25,29,31,35,38,50-52,56-57H,4-6,8-9,11,13-14,17-18,20-22,24,26-28,30,32-34,36-37,39-49H2,1-3H3,(H,55,58)/b10-7-,15-12-,19-16-,25-23-,31-29-,38-35-. The maximum Gasteiger partial charge on any atom is 0.306 e. The van der Waals surface area contributed by atoms with Crippen molar-refractivity contribution in [2.75, 3.05) is 6.61 Å². The molecule has 1 amide bonds. The average Bonchev–Trinajstić information content (AvgIpc) is 3.24. The van der Waals surface area contributed by atoms with Crippen molar-refractivity contribution in [1.82, 2.24) is 5.32 Å². The zero-order valence-electron chi connectivity index (χ0n) is 39.3. The van der Waals surface area contributed by atoms with E-state index < -0.39 is 18.2 Å². The first kappa shape index (κ1) is 57.3. The highest BCUT2D eigenvalue weighted by Gasteiger charge is 2.24. The first-order valence-electron chi connectivity index (χ1n) is 25.2. The number of rotatable bonds is 44. The minimum absolute atomic E-state index is 0.0409. The molecule has 0 aliphatic rings. The molecule has 60 heavy (non-hydrogen) atoms. The van der Waals surface area contributed by atoms with E-state index in [1.165, 1.54) is 83.5 Å². The molecule has 346 valence electrons. The van der Waals surface area contributed by atoms with Gasteiger partial charge in [-0.15, -0.1) is 0 Å². The molecular weight excluding hydrogens is 743 g/mol. The van der Waals surface area contributed by atoms with Crippen LogP contribution in [0.15, 0.2) is 72.9 Å². The molecule has 3 unspecified atom stereocenters. The molecule has 0 aliphatic heterocycles. The van der Waals surface area contributed by atoms with Crippen LogP contribution in [0, 0.1) is 0 Å². The lowest BCUT2D eigenvalue weighted by Crippen LogP contribution is -2.46. The number of aliphatic hydroxyl groups excluding tert-OH is 2. The minimum Gasteiger partial charge on any atom is -0.462 e. The van der Waals surface area contributed by atoms with Gasteiger partial charge in [0.25, 0.3) is 0 Å². The number of unbranched alkanes of at least 4 members (excludes halogenated alkanes) is 20. The van der Waals surface area contributed by atoms with Crippen LogP contribution in [0.3, 0.4) is 0 Å². The van der Waals surface area contributed by atoms with Gasteiger partial charge in [0, 0.05) is 6.42 Å². The molecule has 0 rings (SSSR count). The van der Waals surface area contributed by atoms with Crippen LogP contribution in [0.5, 0.6) is 0 Å². The summed E-state index contributed by atoms with van der Waals surface area (Å²) in [6.45, 7) is 6.28. The number of allylic oxidation sites excluding steroid dienone is 12. The lowest BCUT2D eigenvalue weighted by atomic mass is 10.0. The van der Waals surface area contributed by atoms with Gasteiger partial charge >= 0.3 is 5.97 Å². The lowest BCUT2D eigenvalue weighted by Gasteiger charge is -2.24. The van der Waals surface area contributed by atoms with E-state index in [-0.39, 0.29) is 24.9 Å². The van der Waals surface area contributed by atoms with Crippen LogP contribution in [-0.4, -0.2) is 46.9 Å². The Balaban J connectivity index is 4.50. The van der Waals surface area contributed by atoms with E-state index in [1.807, 2.05) is 0 Å². The first-order valence-corrected chi connectivity index (χ1v) is 25.2. The molecular formula is C54H95NO5. The second kappa shape index (κ2) is 47.4. The normalized spacial score (nSPS) is 13.9. The Morgan fingerprint density at radius 1 is 0.500 bits per heavy atom. The zero-order valence-corrected chi connectivity index (χ0v) is 39.3. The highest BCUT2D eigenvalue weighted by atomic mass is 16.5. The average molecular weight is 838 g/mol. The van der Waals surface area contributed by atoms with Crippen molar-refractivity contribution in [3.63, 3.8) is 0 Å². The molecule has 0 radical (unpaired) electrons. The van der Waals surface area contributed by atoms with Gasteiger partial charge in [-0.25, -0.2) is 0 Å². The summed E-state index contributed by atoms with van der Waals surface area (Å²) >= 11 is 0. The SMILES string of the molecule is CC/C=C\C/C=C\C/C=C\C/C=C\C/C=C\CCCC(=O)OC(CCCCC/C=C\CCC)CC(=O)NC(CO)C(O)CCCCCCCCCCCCCCCCCC. The number of ether oxygens (including phenoxy) is 1. The number of carbonyl (C=O) groups excluding carboxylic acids is 2. The molecule has 0 saturated carbocycles. The van der Waals surface area contributed by atoms with E-state index in [2.05, 4.69) is 99.0 Å². The van der Waals surface area contributed by atoms with Gasteiger partial charge in [0.2, 0.25) is 5.91 Å². The summed E-state index contributed by atoms with van der Waals surface area (Å²) in [5, 5.41) is 23.7. The number of esters is 1. The van der Waals surface area contributed by atoms with Gasteiger partial charge in [-0.1, -0.05) is 209 Å². The third kappa shape index (κ3) is 42.0. The van der Waals surface area contributed by atoms with E-state index in [0.29, 0.717) is 25.7 Å². The van der Waals surface area contributed by atoms with Crippen LogP contribution in [0.2, 0.25) is 0 Å². The number of hydrogen-bond donors (Lipinski definition) is 3. The molecule has 0 aromatic heterocycles. The van der Waals surface area contributed by atoms with Crippen LogP contribution < -0.4 is 5.32 Å². The number of amides is 1. The van der Waals surface area contributed by atoms with Crippen molar-refractivity contribution in [2.24, 2.45) is 0 Å². The van der Waals surface area contributed by atoms with Crippen molar-refractivity contribution in [3.05, 3.63) is 72.9 Å². The molecule has 0 spiro atoms. The Labute approximate surface area is 371 Å². The molecule has 3 N–H and O–H groups in total. The molecule has 3 atom stereocenters. The largest absolute Gasteiger partial charge is 0.462 e. The highest BCUT2D eigenvalue weighted by Crippen LogP contribution is 2.17. The van der Waals surface area contributed by atoms with Crippen molar-refractivity contribution in [2.45, 2.75) is 251 Å². The van der Waals surface area contributed by atoms with Crippen LogP contribution >= 0.6 is 0 Å². The summed E-state index contributed by atoms with van der Waals surface area (Å²) in [7, 11) is 0. The predicted octanol–water partition coefficient (Wildman–Crippen LogP) is 15.0. The molecule has 0 bridgehead atoms. The molecule has 6 heteroatoms.